The van der Waals surface area contributed by atoms with Crippen LogP contribution in [0.2, 0.25) is 5.02 Å². The van der Waals surface area contributed by atoms with Crippen LogP contribution < -0.4 is 0 Å². The van der Waals surface area contributed by atoms with E-state index in [1.54, 1.807) is 23.1 Å². The molecule has 7 nitrogen and oxygen atoms in total. The molecular formula is C22H17ClN4O3. The molecule has 0 saturated heterocycles. The van der Waals surface area contributed by atoms with Gasteiger partial charge in [0.25, 0.3) is 5.91 Å². The number of carbonyl (C=O) groups is 1. The fraction of sp³-hybridized carbons (Fsp3) is 0.182. The maximum atomic E-state index is 13.1. The van der Waals surface area contributed by atoms with E-state index in [0.717, 1.165) is 24.0 Å². The van der Waals surface area contributed by atoms with Crippen LogP contribution in [0.3, 0.4) is 0 Å². The Balaban J connectivity index is 1.35. The zero-order valence-electron chi connectivity index (χ0n) is 15.9. The van der Waals surface area contributed by atoms with Crippen molar-refractivity contribution in [1.29, 1.82) is 0 Å². The number of rotatable bonds is 6. The SMILES string of the molecule is O=C(c1cc(-c2ccccc2)no1)N(Cc1nnc(-c2ccc(Cl)cc2)o1)C1CC1. The highest BCUT2D eigenvalue weighted by atomic mass is 35.5. The van der Waals surface area contributed by atoms with E-state index in [2.05, 4.69) is 15.4 Å². The van der Waals surface area contributed by atoms with Gasteiger partial charge >= 0.3 is 0 Å². The van der Waals surface area contributed by atoms with Crippen molar-refractivity contribution in [2.75, 3.05) is 0 Å². The van der Waals surface area contributed by atoms with Gasteiger partial charge in [0.05, 0.1) is 6.54 Å². The molecule has 0 spiro atoms. The van der Waals surface area contributed by atoms with Crippen LogP contribution in [-0.4, -0.2) is 32.2 Å². The van der Waals surface area contributed by atoms with Gasteiger partial charge in [-0.2, -0.15) is 0 Å². The molecule has 0 aliphatic heterocycles. The molecule has 1 aliphatic rings. The molecule has 0 N–H and O–H groups in total. The average molecular weight is 421 g/mol. The van der Waals surface area contributed by atoms with Crippen LogP contribution in [0.25, 0.3) is 22.7 Å². The van der Waals surface area contributed by atoms with E-state index >= 15 is 0 Å². The van der Waals surface area contributed by atoms with Gasteiger partial charge in [0.1, 0.15) is 5.69 Å². The van der Waals surface area contributed by atoms with Crippen molar-refractivity contribution >= 4 is 17.5 Å². The molecule has 0 radical (unpaired) electrons. The molecule has 150 valence electrons. The number of carbonyl (C=O) groups excluding carboxylic acids is 1. The summed E-state index contributed by atoms with van der Waals surface area (Å²) >= 11 is 5.92. The summed E-state index contributed by atoms with van der Waals surface area (Å²) in [5.74, 6) is 0.704. The molecule has 1 aliphatic carbocycles. The van der Waals surface area contributed by atoms with Crippen LogP contribution in [-0.2, 0) is 6.54 Å². The number of amides is 1. The summed E-state index contributed by atoms with van der Waals surface area (Å²) in [4.78, 5) is 14.8. The van der Waals surface area contributed by atoms with Gasteiger partial charge in [-0.25, -0.2) is 0 Å². The molecular weight excluding hydrogens is 404 g/mol. The summed E-state index contributed by atoms with van der Waals surface area (Å²) in [5.41, 5.74) is 2.28. The minimum atomic E-state index is -0.238. The Kier molecular flexibility index (Phi) is 4.80. The number of hydrogen-bond donors (Lipinski definition) is 0. The van der Waals surface area contributed by atoms with Gasteiger partial charge in [0.2, 0.25) is 17.5 Å². The quantitative estimate of drug-likeness (QED) is 0.443. The van der Waals surface area contributed by atoms with Crippen molar-refractivity contribution in [2.24, 2.45) is 0 Å². The highest BCUT2D eigenvalue weighted by molar-refractivity contribution is 6.30. The highest BCUT2D eigenvalue weighted by Gasteiger charge is 2.36. The van der Waals surface area contributed by atoms with Gasteiger partial charge in [0, 0.05) is 28.3 Å². The van der Waals surface area contributed by atoms with E-state index in [1.165, 1.54) is 0 Å². The van der Waals surface area contributed by atoms with E-state index in [9.17, 15) is 4.79 Å². The van der Waals surface area contributed by atoms with Gasteiger partial charge in [0.15, 0.2) is 0 Å². The minimum absolute atomic E-state index is 0.133. The zero-order chi connectivity index (χ0) is 20.5. The molecule has 8 heteroatoms. The van der Waals surface area contributed by atoms with Crippen molar-refractivity contribution < 1.29 is 13.7 Å². The van der Waals surface area contributed by atoms with Gasteiger partial charge < -0.3 is 13.8 Å². The van der Waals surface area contributed by atoms with E-state index in [4.69, 9.17) is 20.5 Å². The number of halogens is 1. The Morgan fingerprint density at radius 1 is 1.03 bits per heavy atom. The third-order valence-corrected chi connectivity index (χ3v) is 5.15. The second kappa shape index (κ2) is 7.76. The lowest BCUT2D eigenvalue weighted by molar-refractivity contribution is 0.0672. The molecule has 5 rings (SSSR count). The van der Waals surface area contributed by atoms with E-state index in [-0.39, 0.29) is 24.3 Å². The van der Waals surface area contributed by atoms with Gasteiger partial charge in [-0.1, -0.05) is 47.1 Å². The minimum Gasteiger partial charge on any atom is -0.419 e. The summed E-state index contributed by atoms with van der Waals surface area (Å²) < 4.78 is 11.1. The predicted molar refractivity (Wildman–Crippen MR) is 110 cm³/mol. The van der Waals surface area contributed by atoms with Crippen LogP contribution in [0.15, 0.2) is 69.6 Å². The monoisotopic (exact) mass is 420 g/mol. The second-order valence-electron chi connectivity index (χ2n) is 7.11. The molecule has 2 heterocycles. The topological polar surface area (TPSA) is 85.3 Å². The zero-order valence-corrected chi connectivity index (χ0v) is 16.6. The van der Waals surface area contributed by atoms with Crippen molar-refractivity contribution in [1.82, 2.24) is 20.3 Å². The lowest BCUT2D eigenvalue weighted by atomic mass is 10.1. The third kappa shape index (κ3) is 3.84. The summed E-state index contributed by atoms with van der Waals surface area (Å²) in [6.45, 7) is 0.214. The van der Waals surface area contributed by atoms with E-state index in [1.807, 2.05) is 42.5 Å². The van der Waals surface area contributed by atoms with Gasteiger partial charge in [-0.15, -0.1) is 10.2 Å². The van der Waals surface area contributed by atoms with Crippen LogP contribution in [0.4, 0.5) is 0 Å². The average Bonchev–Trinajstić information content (AvgIpc) is 3.30. The van der Waals surface area contributed by atoms with Crippen molar-refractivity contribution in [3.8, 4) is 22.7 Å². The van der Waals surface area contributed by atoms with Gasteiger partial charge in [-0.05, 0) is 37.1 Å². The summed E-state index contributed by atoms with van der Waals surface area (Å²) in [6, 6.07) is 18.5. The standard InChI is InChI=1S/C22H17ClN4O3/c23-16-8-6-15(7-9-16)21-25-24-20(29-21)13-27(17-10-11-17)22(28)19-12-18(26-30-19)14-4-2-1-3-5-14/h1-9,12,17H,10-11,13H2. The van der Waals surface area contributed by atoms with E-state index in [0.29, 0.717) is 22.5 Å². The van der Waals surface area contributed by atoms with E-state index < -0.39 is 0 Å². The van der Waals surface area contributed by atoms with Crippen molar-refractivity contribution in [2.45, 2.75) is 25.4 Å². The molecule has 2 aromatic carbocycles. The molecule has 1 saturated carbocycles. The number of benzene rings is 2. The third-order valence-electron chi connectivity index (χ3n) is 4.90. The largest absolute Gasteiger partial charge is 0.419 e. The summed E-state index contributed by atoms with van der Waals surface area (Å²) in [7, 11) is 0. The Labute approximate surface area is 177 Å². The maximum absolute atomic E-state index is 13.1. The number of nitrogens with zero attached hydrogens (tertiary/aromatic N) is 4. The molecule has 30 heavy (non-hydrogen) atoms. The summed E-state index contributed by atoms with van der Waals surface area (Å²) in [6.07, 6.45) is 1.87. The van der Waals surface area contributed by atoms with Crippen LogP contribution >= 0.6 is 11.6 Å². The fourth-order valence-electron chi connectivity index (χ4n) is 3.19. The number of hydrogen-bond acceptors (Lipinski definition) is 6. The highest BCUT2D eigenvalue weighted by Crippen LogP contribution is 2.31. The molecule has 0 atom stereocenters. The predicted octanol–water partition coefficient (Wildman–Crippen LogP) is 4.85. The second-order valence-corrected chi connectivity index (χ2v) is 7.55. The molecule has 0 bridgehead atoms. The Hall–Kier alpha value is -3.45. The molecule has 4 aromatic rings. The van der Waals surface area contributed by atoms with Crippen molar-refractivity contribution in [3.05, 3.63) is 77.3 Å². The maximum Gasteiger partial charge on any atom is 0.293 e. The molecule has 2 aromatic heterocycles. The first kappa shape index (κ1) is 18.6. The number of aromatic nitrogens is 3. The normalized spacial score (nSPS) is 13.4. The van der Waals surface area contributed by atoms with Gasteiger partial charge in [-0.3, -0.25) is 4.79 Å². The summed E-state index contributed by atoms with van der Waals surface area (Å²) in [5, 5.41) is 12.9. The first-order chi connectivity index (χ1) is 14.7. The Bertz CT molecular complexity index is 1170. The molecule has 1 amide bonds. The first-order valence-electron chi connectivity index (χ1n) is 9.59. The van der Waals surface area contributed by atoms with Crippen LogP contribution in [0, 0.1) is 0 Å². The molecule has 1 fully saturated rings. The van der Waals surface area contributed by atoms with Crippen molar-refractivity contribution in [3.63, 3.8) is 0 Å². The first-order valence-corrected chi connectivity index (χ1v) is 9.96. The lowest BCUT2D eigenvalue weighted by Crippen LogP contribution is -2.32. The Morgan fingerprint density at radius 3 is 2.53 bits per heavy atom. The lowest BCUT2D eigenvalue weighted by Gasteiger charge is -2.18. The Morgan fingerprint density at radius 2 is 1.80 bits per heavy atom. The smallest absolute Gasteiger partial charge is 0.293 e. The van der Waals surface area contributed by atoms with Crippen LogP contribution in [0.1, 0.15) is 29.3 Å². The fourth-order valence-corrected chi connectivity index (χ4v) is 3.31. The molecule has 0 unspecified atom stereocenters. The van der Waals surface area contributed by atoms with Crippen LogP contribution in [0.5, 0.6) is 0 Å².